The SMILES string of the molecule is OCC1CN(CC2CCC3CCCCC3C2)C1. The lowest BCUT2D eigenvalue weighted by Gasteiger charge is -2.44. The highest BCUT2D eigenvalue weighted by Crippen LogP contribution is 2.43. The maximum atomic E-state index is 9.04. The van der Waals surface area contributed by atoms with Gasteiger partial charge < -0.3 is 10.0 Å². The van der Waals surface area contributed by atoms with Crippen LogP contribution in [0.25, 0.3) is 0 Å². The highest BCUT2D eigenvalue weighted by atomic mass is 16.3. The average Bonchev–Trinajstić information content (AvgIpc) is 2.33. The van der Waals surface area contributed by atoms with Crippen molar-refractivity contribution in [2.75, 3.05) is 26.2 Å². The predicted molar refractivity (Wildman–Crippen MR) is 69.8 cm³/mol. The van der Waals surface area contributed by atoms with Gasteiger partial charge >= 0.3 is 0 Å². The third-order valence-electron chi connectivity index (χ3n) is 5.46. The monoisotopic (exact) mass is 237 g/mol. The van der Waals surface area contributed by atoms with Gasteiger partial charge in [-0.25, -0.2) is 0 Å². The minimum atomic E-state index is 0.395. The predicted octanol–water partition coefficient (Wildman–Crippen LogP) is 2.52. The highest BCUT2D eigenvalue weighted by Gasteiger charge is 2.34. The number of aliphatic hydroxyl groups is 1. The fourth-order valence-electron chi connectivity index (χ4n) is 4.44. The van der Waals surface area contributed by atoms with E-state index in [2.05, 4.69) is 4.90 Å². The molecule has 17 heavy (non-hydrogen) atoms. The van der Waals surface area contributed by atoms with Crippen LogP contribution < -0.4 is 0 Å². The first kappa shape index (κ1) is 12.0. The Kier molecular flexibility index (Phi) is 3.72. The van der Waals surface area contributed by atoms with Crippen LogP contribution in [0.5, 0.6) is 0 Å². The second kappa shape index (κ2) is 5.27. The molecule has 98 valence electrons. The van der Waals surface area contributed by atoms with E-state index in [4.69, 9.17) is 5.11 Å². The van der Waals surface area contributed by atoms with Crippen LogP contribution in [0.2, 0.25) is 0 Å². The third kappa shape index (κ3) is 2.68. The summed E-state index contributed by atoms with van der Waals surface area (Å²) in [6, 6.07) is 0. The number of likely N-dealkylation sites (tertiary alicyclic amines) is 1. The highest BCUT2D eigenvalue weighted by molar-refractivity contribution is 4.87. The molecule has 3 rings (SSSR count). The van der Waals surface area contributed by atoms with Gasteiger partial charge in [0.25, 0.3) is 0 Å². The molecular weight excluding hydrogens is 210 g/mol. The average molecular weight is 237 g/mol. The fourth-order valence-corrected chi connectivity index (χ4v) is 4.44. The van der Waals surface area contributed by atoms with Gasteiger partial charge in [-0.05, 0) is 37.0 Å². The van der Waals surface area contributed by atoms with Crippen molar-refractivity contribution in [2.24, 2.45) is 23.7 Å². The van der Waals surface area contributed by atoms with Crippen LogP contribution in [0.15, 0.2) is 0 Å². The Hall–Kier alpha value is -0.0800. The molecular formula is C15H27NO. The lowest BCUT2D eigenvalue weighted by atomic mass is 9.67. The lowest BCUT2D eigenvalue weighted by Crippen LogP contribution is -2.50. The summed E-state index contributed by atoms with van der Waals surface area (Å²) in [7, 11) is 0. The molecule has 1 heterocycles. The zero-order valence-corrected chi connectivity index (χ0v) is 11.0. The van der Waals surface area contributed by atoms with Crippen LogP contribution in [0.3, 0.4) is 0 Å². The van der Waals surface area contributed by atoms with E-state index in [9.17, 15) is 0 Å². The summed E-state index contributed by atoms with van der Waals surface area (Å²) in [4.78, 5) is 2.56. The molecule has 0 radical (unpaired) electrons. The Morgan fingerprint density at radius 3 is 2.41 bits per heavy atom. The normalized spacial score (nSPS) is 39.7. The summed E-state index contributed by atoms with van der Waals surface area (Å²) in [5, 5.41) is 9.04. The van der Waals surface area contributed by atoms with E-state index in [1.165, 1.54) is 51.5 Å². The van der Waals surface area contributed by atoms with Gasteiger partial charge in [0, 0.05) is 32.2 Å². The van der Waals surface area contributed by atoms with Crippen molar-refractivity contribution in [3.05, 3.63) is 0 Å². The molecule has 3 atom stereocenters. The summed E-state index contributed by atoms with van der Waals surface area (Å²) in [5.74, 6) is 3.70. The van der Waals surface area contributed by atoms with E-state index in [-0.39, 0.29) is 0 Å². The molecule has 0 aromatic carbocycles. The Morgan fingerprint density at radius 2 is 1.65 bits per heavy atom. The second-order valence-corrected chi connectivity index (χ2v) is 6.75. The molecule has 0 spiro atoms. The van der Waals surface area contributed by atoms with E-state index in [1.807, 2.05) is 0 Å². The fraction of sp³-hybridized carbons (Fsp3) is 1.00. The smallest absolute Gasteiger partial charge is 0.0483 e. The van der Waals surface area contributed by atoms with Crippen LogP contribution in [-0.4, -0.2) is 36.2 Å². The Morgan fingerprint density at radius 1 is 0.882 bits per heavy atom. The van der Waals surface area contributed by atoms with E-state index < -0.39 is 0 Å². The van der Waals surface area contributed by atoms with Gasteiger partial charge in [-0.2, -0.15) is 0 Å². The molecule has 2 nitrogen and oxygen atoms in total. The van der Waals surface area contributed by atoms with Crippen LogP contribution >= 0.6 is 0 Å². The molecule has 2 saturated carbocycles. The van der Waals surface area contributed by atoms with E-state index in [0.29, 0.717) is 12.5 Å². The van der Waals surface area contributed by atoms with Gasteiger partial charge in [0.1, 0.15) is 0 Å². The maximum Gasteiger partial charge on any atom is 0.0483 e. The summed E-state index contributed by atoms with van der Waals surface area (Å²) in [5.41, 5.74) is 0. The molecule has 0 aromatic heterocycles. The zero-order chi connectivity index (χ0) is 11.7. The first-order valence-electron chi connectivity index (χ1n) is 7.68. The number of fused-ring (bicyclic) bond motifs is 1. The van der Waals surface area contributed by atoms with Crippen LogP contribution in [-0.2, 0) is 0 Å². The van der Waals surface area contributed by atoms with Gasteiger partial charge in [0.2, 0.25) is 0 Å². The molecule has 1 N–H and O–H groups in total. The standard InChI is InChI=1S/C15H27NO/c17-11-13-9-16(10-13)8-12-5-6-14-3-1-2-4-15(14)7-12/h12-15,17H,1-11H2. The van der Waals surface area contributed by atoms with Crippen LogP contribution in [0, 0.1) is 23.7 Å². The molecule has 0 aromatic rings. The maximum absolute atomic E-state index is 9.04. The van der Waals surface area contributed by atoms with Crippen molar-refractivity contribution >= 4 is 0 Å². The first-order valence-corrected chi connectivity index (χ1v) is 7.68. The Bertz CT molecular complexity index is 249. The Labute approximate surface area is 105 Å². The van der Waals surface area contributed by atoms with Crippen molar-refractivity contribution in [1.29, 1.82) is 0 Å². The van der Waals surface area contributed by atoms with Crippen LogP contribution in [0.4, 0.5) is 0 Å². The van der Waals surface area contributed by atoms with E-state index in [0.717, 1.165) is 30.8 Å². The molecule has 1 aliphatic heterocycles. The molecule has 2 aliphatic carbocycles. The molecule has 2 heteroatoms. The third-order valence-corrected chi connectivity index (χ3v) is 5.46. The number of hydrogen-bond acceptors (Lipinski definition) is 2. The number of hydrogen-bond donors (Lipinski definition) is 1. The molecule has 1 saturated heterocycles. The van der Waals surface area contributed by atoms with Gasteiger partial charge in [-0.3, -0.25) is 0 Å². The van der Waals surface area contributed by atoms with Crippen LogP contribution in [0.1, 0.15) is 44.9 Å². The van der Waals surface area contributed by atoms with Crippen molar-refractivity contribution in [3.63, 3.8) is 0 Å². The second-order valence-electron chi connectivity index (χ2n) is 6.75. The Balaban J connectivity index is 1.43. The molecule has 0 bridgehead atoms. The van der Waals surface area contributed by atoms with Gasteiger partial charge in [-0.15, -0.1) is 0 Å². The topological polar surface area (TPSA) is 23.5 Å². The molecule has 0 amide bonds. The zero-order valence-electron chi connectivity index (χ0n) is 11.0. The quantitative estimate of drug-likeness (QED) is 0.815. The number of aliphatic hydroxyl groups excluding tert-OH is 1. The molecule has 3 fully saturated rings. The van der Waals surface area contributed by atoms with Crippen molar-refractivity contribution < 1.29 is 5.11 Å². The summed E-state index contributed by atoms with van der Waals surface area (Å²) < 4.78 is 0. The van der Waals surface area contributed by atoms with Gasteiger partial charge in [0.05, 0.1) is 0 Å². The lowest BCUT2D eigenvalue weighted by molar-refractivity contribution is 0.0233. The number of rotatable bonds is 3. The summed E-state index contributed by atoms with van der Waals surface area (Å²) in [6.07, 6.45) is 10.5. The number of nitrogens with zero attached hydrogens (tertiary/aromatic N) is 1. The largest absolute Gasteiger partial charge is 0.396 e. The van der Waals surface area contributed by atoms with Gasteiger partial charge in [-0.1, -0.05) is 25.7 Å². The molecule has 3 aliphatic rings. The van der Waals surface area contributed by atoms with Gasteiger partial charge in [0.15, 0.2) is 0 Å². The van der Waals surface area contributed by atoms with E-state index in [1.54, 1.807) is 0 Å². The van der Waals surface area contributed by atoms with Crippen molar-refractivity contribution in [1.82, 2.24) is 4.90 Å². The minimum Gasteiger partial charge on any atom is -0.396 e. The summed E-state index contributed by atoms with van der Waals surface area (Å²) >= 11 is 0. The molecule has 3 unspecified atom stereocenters. The minimum absolute atomic E-state index is 0.395. The van der Waals surface area contributed by atoms with E-state index >= 15 is 0 Å². The van der Waals surface area contributed by atoms with Crippen molar-refractivity contribution in [3.8, 4) is 0 Å². The summed E-state index contributed by atoms with van der Waals surface area (Å²) in [6.45, 7) is 4.02. The first-order chi connectivity index (χ1) is 8.35. The van der Waals surface area contributed by atoms with Crippen molar-refractivity contribution in [2.45, 2.75) is 44.9 Å².